The van der Waals surface area contributed by atoms with Crippen LogP contribution >= 0.6 is 0 Å². The van der Waals surface area contributed by atoms with Gasteiger partial charge in [0.25, 0.3) is 0 Å². The molecule has 1 amide bonds. The number of amides is 1. The van der Waals surface area contributed by atoms with Crippen molar-refractivity contribution in [3.05, 3.63) is 0 Å². The van der Waals surface area contributed by atoms with E-state index >= 15 is 0 Å². The van der Waals surface area contributed by atoms with Crippen LogP contribution in [0.15, 0.2) is 4.99 Å². The molecule has 24 heavy (non-hydrogen) atoms. The summed E-state index contributed by atoms with van der Waals surface area (Å²) in [7, 11) is 0. The number of ether oxygens (including phenoxy) is 1. The average Bonchev–Trinajstić information content (AvgIpc) is 2.62. The van der Waals surface area contributed by atoms with Crippen molar-refractivity contribution in [3.8, 4) is 0 Å². The maximum absolute atomic E-state index is 11.7. The van der Waals surface area contributed by atoms with Gasteiger partial charge >= 0.3 is 6.09 Å². The lowest BCUT2D eigenvalue weighted by Gasteiger charge is -2.47. The number of nitrogens with two attached hydrogens (primary N) is 1. The maximum Gasteiger partial charge on any atom is 0.409 e. The standard InChI is InChI=1S/C16H30N6O2/c1-2-24-16(23)22-5-3-13(4-6-22)19-15(17)18-11-14-12-20-7-9-21(14)10-8-20/h13-14H,2-12H2,1H3,(H3,17,18,19). The number of rotatable bonds is 4. The van der Waals surface area contributed by atoms with E-state index in [9.17, 15) is 4.79 Å². The first-order chi connectivity index (χ1) is 11.7. The van der Waals surface area contributed by atoms with Gasteiger partial charge in [0.1, 0.15) is 0 Å². The van der Waals surface area contributed by atoms with Gasteiger partial charge in [0.15, 0.2) is 5.96 Å². The fourth-order valence-electron chi connectivity index (χ4n) is 3.78. The molecule has 0 aromatic carbocycles. The van der Waals surface area contributed by atoms with Crippen molar-refractivity contribution in [2.24, 2.45) is 10.7 Å². The van der Waals surface area contributed by atoms with Gasteiger partial charge in [-0.3, -0.25) is 14.8 Å². The Balaban J connectivity index is 1.39. The molecule has 3 N–H and O–H groups in total. The number of fused-ring (bicyclic) bond motifs is 3. The largest absolute Gasteiger partial charge is 0.450 e. The van der Waals surface area contributed by atoms with E-state index in [-0.39, 0.29) is 12.1 Å². The molecule has 8 nitrogen and oxygen atoms in total. The lowest BCUT2D eigenvalue weighted by Crippen LogP contribution is -2.62. The smallest absolute Gasteiger partial charge is 0.409 e. The Hall–Kier alpha value is -1.54. The van der Waals surface area contributed by atoms with Crippen LogP contribution in [0.4, 0.5) is 4.79 Å². The molecule has 0 aromatic heterocycles. The zero-order chi connectivity index (χ0) is 16.9. The molecule has 4 aliphatic rings. The van der Waals surface area contributed by atoms with Gasteiger partial charge in [0.05, 0.1) is 13.2 Å². The summed E-state index contributed by atoms with van der Waals surface area (Å²) in [5, 5.41) is 3.31. The van der Waals surface area contributed by atoms with Crippen LogP contribution in [0, 0.1) is 0 Å². The average molecular weight is 338 g/mol. The summed E-state index contributed by atoms with van der Waals surface area (Å²) >= 11 is 0. The molecular weight excluding hydrogens is 308 g/mol. The second-order valence-electron chi connectivity index (χ2n) is 6.82. The zero-order valence-corrected chi connectivity index (χ0v) is 14.6. The number of nitrogens with zero attached hydrogens (tertiary/aromatic N) is 4. The monoisotopic (exact) mass is 338 g/mol. The number of aliphatic imine (C=N–C) groups is 1. The molecule has 0 aliphatic carbocycles. The second kappa shape index (κ2) is 8.02. The normalized spacial score (nSPS) is 31.1. The molecule has 0 radical (unpaired) electrons. The van der Waals surface area contributed by atoms with E-state index in [0.717, 1.165) is 39.0 Å². The number of carbonyl (C=O) groups excluding carboxylic acids is 1. The van der Waals surface area contributed by atoms with Crippen LogP contribution < -0.4 is 11.1 Å². The Kier molecular flexibility index (Phi) is 5.78. The van der Waals surface area contributed by atoms with Gasteiger partial charge in [0, 0.05) is 57.9 Å². The summed E-state index contributed by atoms with van der Waals surface area (Å²) in [5.74, 6) is 0.530. The molecule has 0 aromatic rings. The SMILES string of the molecule is CCOC(=O)N1CCC(NC(N)=NCC2CN3CCN2CC3)CC1. The van der Waals surface area contributed by atoms with E-state index in [4.69, 9.17) is 10.5 Å². The van der Waals surface area contributed by atoms with Gasteiger partial charge < -0.3 is 20.7 Å². The topological polar surface area (TPSA) is 86.4 Å². The molecule has 1 unspecified atom stereocenters. The number of piperidine rings is 1. The van der Waals surface area contributed by atoms with E-state index < -0.39 is 0 Å². The summed E-state index contributed by atoms with van der Waals surface area (Å²) in [6, 6.07) is 0.782. The summed E-state index contributed by atoms with van der Waals surface area (Å²) in [4.78, 5) is 23.0. The Bertz CT molecular complexity index is 455. The third-order valence-electron chi connectivity index (χ3n) is 5.24. The Morgan fingerprint density at radius 3 is 2.50 bits per heavy atom. The first-order valence-corrected chi connectivity index (χ1v) is 9.10. The first-order valence-electron chi connectivity index (χ1n) is 9.10. The van der Waals surface area contributed by atoms with Gasteiger partial charge in [-0.25, -0.2) is 4.79 Å². The van der Waals surface area contributed by atoms with Crippen LogP contribution in [0.25, 0.3) is 0 Å². The van der Waals surface area contributed by atoms with Gasteiger partial charge in [-0.05, 0) is 19.8 Å². The minimum absolute atomic E-state index is 0.214. The van der Waals surface area contributed by atoms with E-state index in [0.29, 0.717) is 31.7 Å². The number of piperazine rings is 3. The number of hydrogen-bond acceptors (Lipinski definition) is 5. The highest BCUT2D eigenvalue weighted by molar-refractivity contribution is 5.78. The molecule has 136 valence electrons. The summed E-state index contributed by atoms with van der Waals surface area (Å²) < 4.78 is 5.04. The van der Waals surface area contributed by atoms with Crippen LogP contribution in [0.2, 0.25) is 0 Å². The fourth-order valence-corrected chi connectivity index (χ4v) is 3.78. The van der Waals surface area contributed by atoms with Gasteiger partial charge in [-0.15, -0.1) is 0 Å². The highest BCUT2D eigenvalue weighted by atomic mass is 16.6. The summed E-state index contributed by atoms with van der Waals surface area (Å²) in [5.41, 5.74) is 6.06. The van der Waals surface area contributed by atoms with Crippen molar-refractivity contribution in [1.29, 1.82) is 0 Å². The van der Waals surface area contributed by atoms with Crippen LogP contribution in [0.3, 0.4) is 0 Å². The molecule has 2 bridgehead atoms. The molecule has 4 saturated heterocycles. The predicted molar refractivity (Wildman–Crippen MR) is 93.0 cm³/mol. The van der Waals surface area contributed by atoms with Gasteiger partial charge in [0.2, 0.25) is 0 Å². The van der Waals surface area contributed by atoms with Crippen molar-refractivity contribution in [2.75, 3.05) is 59.0 Å². The lowest BCUT2D eigenvalue weighted by atomic mass is 10.1. The molecule has 0 saturated carbocycles. The highest BCUT2D eigenvalue weighted by Gasteiger charge is 2.31. The Labute approximate surface area is 144 Å². The number of guanidine groups is 1. The van der Waals surface area contributed by atoms with Gasteiger partial charge in [-0.1, -0.05) is 0 Å². The number of hydrogen-bond donors (Lipinski definition) is 2. The molecule has 0 spiro atoms. The van der Waals surface area contributed by atoms with Crippen molar-refractivity contribution in [3.63, 3.8) is 0 Å². The number of likely N-dealkylation sites (tertiary alicyclic amines) is 1. The highest BCUT2D eigenvalue weighted by Crippen LogP contribution is 2.16. The summed E-state index contributed by atoms with van der Waals surface area (Å²) in [6.07, 6.45) is 1.53. The molecule has 4 fully saturated rings. The second-order valence-corrected chi connectivity index (χ2v) is 6.82. The Morgan fingerprint density at radius 1 is 1.21 bits per heavy atom. The van der Waals surface area contributed by atoms with Crippen molar-refractivity contribution < 1.29 is 9.53 Å². The Morgan fingerprint density at radius 2 is 1.92 bits per heavy atom. The quantitative estimate of drug-likeness (QED) is 0.531. The summed E-state index contributed by atoms with van der Waals surface area (Å²) in [6.45, 7) is 10.2. The molecule has 4 aliphatic heterocycles. The van der Waals surface area contributed by atoms with Crippen LogP contribution in [-0.4, -0.2) is 97.8 Å². The molecule has 4 heterocycles. The van der Waals surface area contributed by atoms with E-state index in [1.807, 2.05) is 6.92 Å². The fraction of sp³-hybridized carbons (Fsp3) is 0.875. The minimum Gasteiger partial charge on any atom is -0.450 e. The van der Waals surface area contributed by atoms with Gasteiger partial charge in [-0.2, -0.15) is 0 Å². The van der Waals surface area contributed by atoms with Crippen molar-refractivity contribution in [2.45, 2.75) is 31.8 Å². The van der Waals surface area contributed by atoms with Crippen molar-refractivity contribution >= 4 is 12.1 Å². The third-order valence-corrected chi connectivity index (χ3v) is 5.24. The van der Waals surface area contributed by atoms with Crippen LogP contribution in [-0.2, 0) is 4.74 Å². The van der Waals surface area contributed by atoms with Crippen LogP contribution in [0.5, 0.6) is 0 Å². The molecular formula is C16H30N6O2. The van der Waals surface area contributed by atoms with E-state index in [1.165, 1.54) is 13.1 Å². The molecule has 4 rings (SSSR count). The van der Waals surface area contributed by atoms with Crippen LogP contribution in [0.1, 0.15) is 19.8 Å². The van der Waals surface area contributed by atoms with E-state index in [1.54, 1.807) is 4.90 Å². The maximum atomic E-state index is 11.7. The minimum atomic E-state index is -0.214. The first kappa shape index (κ1) is 17.3. The predicted octanol–water partition coefficient (Wildman–Crippen LogP) is -0.489. The third kappa shape index (κ3) is 4.30. The molecule has 1 atom stereocenters. The number of carbonyl (C=O) groups is 1. The van der Waals surface area contributed by atoms with Crippen molar-refractivity contribution in [1.82, 2.24) is 20.0 Å². The number of nitrogens with one attached hydrogen (secondary N) is 1. The zero-order valence-electron chi connectivity index (χ0n) is 14.6. The van der Waals surface area contributed by atoms with E-state index in [2.05, 4.69) is 20.1 Å². The molecule has 8 heteroatoms. The lowest BCUT2D eigenvalue weighted by molar-refractivity contribution is 0.0174.